The maximum Gasteiger partial charge on any atom is 0.255 e. The highest BCUT2D eigenvalue weighted by atomic mass is 16.1. The Morgan fingerprint density at radius 2 is 1.73 bits per heavy atom. The van der Waals surface area contributed by atoms with Gasteiger partial charge in [0.2, 0.25) is 5.95 Å². The third kappa shape index (κ3) is 8.49. The highest BCUT2D eigenvalue weighted by Gasteiger charge is 2.09. The molecular weight excluding hydrogens is 462 g/mol. The number of aromatic nitrogens is 3. The first kappa shape index (κ1) is 27.4. The number of aryl methyl sites for hydroxylation is 1. The molecule has 0 bridgehead atoms. The van der Waals surface area contributed by atoms with Crippen molar-refractivity contribution in [1.82, 2.24) is 25.6 Å². The molecule has 0 aliphatic carbocycles. The first-order valence-corrected chi connectivity index (χ1v) is 12.4. The molecule has 2 aromatic carbocycles. The second kappa shape index (κ2) is 14.4. The highest BCUT2D eigenvalue weighted by Crippen LogP contribution is 2.24. The van der Waals surface area contributed by atoms with Crippen molar-refractivity contribution in [1.29, 1.82) is 0 Å². The van der Waals surface area contributed by atoms with Gasteiger partial charge < -0.3 is 21.3 Å². The van der Waals surface area contributed by atoms with Crippen molar-refractivity contribution in [2.45, 2.75) is 27.3 Å². The molecule has 2 heterocycles. The largest absolute Gasteiger partial charge is 0.324 e. The molecule has 37 heavy (non-hydrogen) atoms. The van der Waals surface area contributed by atoms with Crippen LogP contribution >= 0.6 is 0 Å². The number of rotatable bonds is 9. The minimum Gasteiger partial charge on any atom is -0.324 e. The van der Waals surface area contributed by atoms with Gasteiger partial charge in [-0.1, -0.05) is 32.0 Å². The Bertz CT molecular complexity index is 1260. The smallest absolute Gasteiger partial charge is 0.255 e. The van der Waals surface area contributed by atoms with Crippen molar-refractivity contribution in [3.05, 3.63) is 95.9 Å². The van der Waals surface area contributed by atoms with E-state index in [4.69, 9.17) is 0 Å². The Hall–Kier alpha value is -4.14. The zero-order valence-electron chi connectivity index (χ0n) is 21.9. The lowest BCUT2D eigenvalue weighted by Gasteiger charge is -2.12. The first-order chi connectivity index (χ1) is 18.0. The molecule has 192 valence electrons. The van der Waals surface area contributed by atoms with Gasteiger partial charge in [0.25, 0.3) is 5.91 Å². The molecule has 0 spiro atoms. The van der Waals surface area contributed by atoms with Gasteiger partial charge in [-0.3, -0.25) is 9.78 Å². The van der Waals surface area contributed by atoms with Gasteiger partial charge in [0.1, 0.15) is 0 Å². The molecule has 0 aliphatic rings. The van der Waals surface area contributed by atoms with Crippen LogP contribution in [0.1, 0.15) is 35.3 Å². The predicted octanol–water partition coefficient (Wildman–Crippen LogP) is 5.18. The van der Waals surface area contributed by atoms with Crippen LogP contribution in [0.15, 0.2) is 79.3 Å². The normalized spacial score (nSPS) is 10.3. The summed E-state index contributed by atoms with van der Waals surface area (Å²) < 4.78 is 0. The molecule has 0 fully saturated rings. The summed E-state index contributed by atoms with van der Waals surface area (Å²) in [5.41, 5.74) is 5.96. The van der Waals surface area contributed by atoms with Crippen LogP contribution in [-0.2, 0) is 6.54 Å². The third-order valence-electron chi connectivity index (χ3n) is 5.50. The van der Waals surface area contributed by atoms with Crippen molar-refractivity contribution in [3.63, 3.8) is 0 Å². The van der Waals surface area contributed by atoms with E-state index in [0.29, 0.717) is 17.2 Å². The standard InChI is InChI=1S/C26H26N6O.C3H9N/c1-3-27-16-19-7-9-20(10-8-19)25(33)30-22-11-6-18(2)24(15-22)32-26-29-14-12-23(31-26)21-5-4-13-28-17-21;1-3-4-2/h4-15,17,27H,3,16H2,1-2H3,(H,30,33)(H,29,31,32);4H,3H2,1-2H3. The Labute approximate surface area is 219 Å². The second-order valence-electron chi connectivity index (χ2n) is 8.30. The summed E-state index contributed by atoms with van der Waals surface area (Å²) in [5.74, 6) is 0.314. The predicted molar refractivity (Wildman–Crippen MR) is 151 cm³/mol. The van der Waals surface area contributed by atoms with E-state index < -0.39 is 0 Å². The number of pyridine rings is 1. The molecular formula is C29H35N7O. The van der Waals surface area contributed by atoms with Gasteiger partial charge in [-0.25, -0.2) is 9.97 Å². The zero-order valence-corrected chi connectivity index (χ0v) is 21.9. The fourth-order valence-corrected chi connectivity index (χ4v) is 3.30. The van der Waals surface area contributed by atoms with Crippen LogP contribution in [0.2, 0.25) is 0 Å². The van der Waals surface area contributed by atoms with Gasteiger partial charge in [-0.2, -0.15) is 0 Å². The molecule has 4 aromatic rings. The minimum atomic E-state index is -0.158. The van der Waals surface area contributed by atoms with Crippen LogP contribution in [0.5, 0.6) is 0 Å². The van der Waals surface area contributed by atoms with Gasteiger partial charge in [0, 0.05) is 47.6 Å². The quantitative estimate of drug-likeness (QED) is 0.253. The Kier molecular flexibility index (Phi) is 10.7. The summed E-state index contributed by atoms with van der Waals surface area (Å²) >= 11 is 0. The fourth-order valence-electron chi connectivity index (χ4n) is 3.30. The number of anilines is 3. The lowest BCUT2D eigenvalue weighted by molar-refractivity contribution is 0.102. The molecule has 2 aromatic heterocycles. The number of benzene rings is 2. The van der Waals surface area contributed by atoms with Crippen LogP contribution < -0.4 is 21.3 Å². The van der Waals surface area contributed by atoms with Gasteiger partial charge in [0.05, 0.1) is 5.69 Å². The molecule has 1 amide bonds. The summed E-state index contributed by atoms with van der Waals surface area (Å²) in [7, 11) is 1.93. The topological polar surface area (TPSA) is 104 Å². The van der Waals surface area contributed by atoms with Crippen molar-refractivity contribution in [2.24, 2.45) is 0 Å². The molecule has 4 rings (SSSR count). The molecule has 4 N–H and O–H groups in total. The summed E-state index contributed by atoms with van der Waals surface area (Å²) in [6.07, 6.45) is 5.20. The molecule has 0 saturated heterocycles. The number of carbonyl (C=O) groups excluding carboxylic acids is 1. The summed E-state index contributed by atoms with van der Waals surface area (Å²) in [6, 6.07) is 19.0. The minimum absolute atomic E-state index is 0.158. The molecule has 8 heteroatoms. The summed E-state index contributed by atoms with van der Waals surface area (Å²) in [6.45, 7) is 8.89. The number of nitrogens with zero attached hydrogens (tertiary/aromatic N) is 3. The lowest BCUT2D eigenvalue weighted by Crippen LogP contribution is -2.14. The van der Waals surface area contributed by atoms with E-state index in [1.165, 1.54) is 0 Å². The summed E-state index contributed by atoms with van der Waals surface area (Å²) in [4.78, 5) is 25.8. The van der Waals surface area contributed by atoms with Crippen LogP contribution in [-0.4, -0.2) is 41.0 Å². The lowest BCUT2D eigenvalue weighted by atomic mass is 10.1. The number of carbonyl (C=O) groups is 1. The number of amides is 1. The van der Waals surface area contributed by atoms with Crippen molar-refractivity contribution < 1.29 is 4.79 Å². The molecule has 0 aliphatic heterocycles. The van der Waals surface area contributed by atoms with Gasteiger partial charge in [-0.05, 0) is 80.7 Å². The fraction of sp³-hybridized carbons (Fsp3) is 0.241. The number of hydrogen-bond donors (Lipinski definition) is 4. The van der Waals surface area contributed by atoms with Crippen molar-refractivity contribution >= 4 is 23.2 Å². The average molecular weight is 498 g/mol. The third-order valence-corrected chi connectivity index (χ3v) is 5.50. The van der Waals surface area contributed by atoms with E-state index in [9.17, 15) is 4.79 Å². The number of hydrogen-bond acceptors (Lipinski definition) is 7. The van der Waals surface area contributed by atoms with E-state index in [0.717, 1.165) is 47.7 Å². The Morgan fingerprint density at radius 1 is 0.946 bits per heavy atom. The monoisotopic (exact) mass is 497 g/mol. The Balaban J connectivity index is 0.000000886. The van der Waals surface area contributed by atoms with Crippen LogP contribution in [0.25, 0.3) is 11.3 Å². The highest BCUT2D eigenvalue weighted by molar-refractivity contribution is 6.04. The van der Waals surface area contributed by atoms with Crippen molar-refractivity contribution in [3.8, 4) is 11.3 Å². The summed E-state index contributed by atoms with van der Waals surface area (Å²) in [5, 5.41) is 12.4. The van der Waals surface area contributed by atoms with Crippen LogP contribution in [0.4, 0.5) is 17.3 Å². The zero-order chi connectivity index (χ0) is 26.5. The molecule has 8 nitrogen and oxygen atoms in total. The maximum atomic E-state index is 12.7. The second-order valence-corrected chi connectivity index (χ2v) is 8.30. The van der Waals surface area contributed by atoms with E-state index in [-0.39, 0.29) is 5.91 Å². The van der Waals surface area contributed by atoms with E-state index in [2.05, 4.69) is 50.1 Å². The molecule has 0 radical (unpaired) electrons. The van der Waals surface area contributed by atoms with Crippen LogP contribution in [0, 0.1) is 6.92 Å². The van der Waals surface area contributed by atoms with Gasteiger partial charge in [-0.15, -0.1) is 0 Å². The molecule has 0 atom stereocenters. The average Bonchev–Trinajstić information content (AvgIpc) is 2.94. The molecule has 0 saturated carbocycles. The van der Waals surface area contributed by atoms with Crippen molar-refractivity contribution in [2.75, 3.05) is 30.8 Å². The number of nitrogens with one attached hydrogen (secondary N) is 4. The maximum absolute atomic E-state index is 12.7. The van der Waals surface area contributed by atoms with Gasteiger partial charge >= 0.3 is 0 Å². The first-order valence-electron chi connectivity index (χ1n) is 12.4. The Morgan fingerprint density at radius 3 is 2.41 bits per heavy atom. The van der Waals surface area contributed by atoms with E-state index in [1.54, 1.807) is 18.6 Å². The van der Waals surface area contributed by atoms with E-state index in [1.807, 2.05) is 74.6 Å². The van der Waals surface area contributed by atoms with E-state index >= 15 is 0 Å². The SMILES string of the molecule is CCNC.CCNCc1ccc(C(=O)Nc2ccc(C)c(Nc3nccc(-c4cccnc4)n3)c2)cc1. The van der Waals surface area contributed by atoms with Crippen LogP contribution in [0.3, 0.4) is 0 Å². The molecule has 0 unspecified atom stereocenters. The van der Waals surface area contributed by atoms with Gasteiger partial charge in [0.15, 0.2) is 0 Å².